The highest BCUT2D eigenvalue weighted by Gasteiger charge is 2.21. The smallest absolute Gasteiger partial charge is 0.242 e. The predicted molar refractivity (Wildman–Crippen MR) is 71.2 cm³/mol. The lowest BCUT2D eigenvalue weighted by molar-refractivity contribution is 0.380. The van der Waals surface area contributed by atoms with Crippen LogP contribution in [0.25, 0.3) is 0 Å². The molecule has 0 radical (unpaired) electrons. The lowest BCUT2D eigenvalue weighted by Crippen LogP contribution is -2.22. The second kappa shape index (κ2) is 5.39. The summed E-state index contributed by atoms with van der Waals surface area (Å²) >= 11 is 0. The van der Waals surface area contributed by atoms with Gasteiger partial charge in [-0.25, -0.2) is 13.1 Å². The maximum atomic E-state index is 12.1. The summed E-state index contributed by atoms with van der Waals surface area (Å²) in [6.07, 6.45) is 5.36. The van der Waals surface area contributed by atoms with Crippen LogP contribution in [0.5, 0.6) is 0 Å². The summed E-state index contributed by atoms with van der Waals surface area (Å²) in [5, 5.41) is 6.84. The van der Waals surface area contributed by atoms with E-state index < -0.39 is 10.0 Å². The number of sulfonamides is 1. The summed E-state index contributed by atoms with van der Waals surface area (Å²) in [6.45, 7) is 0.742. The number of hydrogen-bond acceptors (Lipinski definition) is 5. The number of aromatic amines is 1. The molecule has 2 aromatic heterocycles. The number of nitrogens with one attached hydrogen (secondary N) is 3. The molecule has 2 aromatic rings. The molecule has 8 heteroatoms. The summed E-state index contributed by atoms with van der Waals surface area (Å²) in [7, 11) is -3.54. The van der Waals surface area contributed by atoms with Crippen LogP contribution in [0.15, 0.2) is 33.9 Å². The Hall–Kier alpha value is -1.64. The summed E-state index contributed by atoms with van der Waals surface area (Å²) in [5.41, 5.74) is 0.858. The topological polar surface area (TPSA) is 100 Å². The van der Waals surface area contributed by atoms with Gasteiger partial charge in [0.05, 0.1) is 17.6 Å². The van der Waals surface area contributed by atoms with E-state index in [2.05, 4.69) is 20.2 Å². The Bertz CT molecular complexity index is 659. The predicted octanol–water partition coefficient (Wildman–Crippen LogP) is 0.733. The Morgan fingerprint density at radius 1 is 1.40 bits per heavy atom. The number of H-pyrrole nitrogens is 1. The van der Waals surface area contributed by atoms with Gasteiger partial charge in [0.1, 0.15) is 0 Å². The van der Waals surface area contributed by atoms with Crippen LogP contribution in [0.2, 0.25) is 0 Å². The molecular weight excluding hydrogens is 280 g/mol. The van der Waals surface area contributed by atoms with Gasteiger partial charge in [-0.05, 0) is 18.9 Å². The van der Waals surface area contributed by atoms with Crippen LogP contribution in [0.1, 0.15) is 24.3 Å². The van der Waals surface area contributed by atoms with E-state index in [0.717, 1.165) is 5.69 Å². The van der Waals surface area contributed by atoms with E-state index in [1.165, 1.54) is 25.2 Å². The largest absolute Gasteiger partial charge is 0.363 e. The summed E-state index contributed by atoms with van der Waals surface area (Å²) in [4.78, 5) is 3.20. The third kappa shape index (κ3) is 3.27. The van der Waals surface area contributed by atoms with Crippen LogP contribution in [0, 0.1) is 0 Å². The van der Waals surface area contributed by atoms with Gasteiger partial charge in [-0.1, -0.05) is 5.16 Å². The van der Waals surface area contributed by atoms with Gasteiger partial charge in [-0.3, -0.25) is 0 Å². The molecule has 108 valence electrons. The summed E-state index contributed by atoms with van der Waals surface area (Å²) in [6, 6.07) is 3.84. The SMILES string of the molecule is O=S(=O)(NCc1ccno1)c1c[nH]c(CNC2CC2)c1. The zero-order valence-corrected chi connectivity index (χ0v) is 11.6. The van der Waals surface area contributed by atoms with E-state index in [4.69, 9.17) is 4.52 Å². The molecule has 1 fully saturated rings. The lowest BCUT2D eigenvalue weighted by atomic mass is 10.4. The molecule has 0 aromatic carbocycles. The number of rotatable bonds is 7. The third-order valence-corrected chi connectivity index (χ3v) is 4.49. The van der Waals surface area contributed by atoms with Crippen molar-refractivity contribution in [1.29, 1.82) is 0 Å². The molecule has 0 amide bonds. The van der Waals surface area contributed by atoms with Crippen LogP contribution in [-0.2, 0) is 23.1 Å². The molecule has 3 N–H and O–H groups in total. The molecule has 1 aliphatic rings. The summed E-state index contributed by atoms with van der Waals surface area (Å²) in [5.74, 6) is 0.472. The van der Waals surface area contributed by atoms with E-state index in [1.807, 2.05) is 0 Å². The maximum absolute atomic E-state index is 12.1. The Morgan fingerprint density at radius 3 is 2.95 bits per heavy atom. The first-order valence-corrected chi connectivity index (χ1v) is 7.92. The monoisotopic (exact) mass is 296 g/mol. The highest BCUT2D eigenvalue weighted by atomic mass is 32.2. The fourth-order valence-electron chi connectivity index (χ4n) is 1.80. The molecular formula is C12H16N4O3S. The number of aromatic nitrogens is 2. The minimum Gasteiger partial charge on any atom is -0.363 e. The first-order chi connectivity index (χ1) is 9.63. The van der Waals surface area contributed by atoms with E-state index >= 15 is 0 Å². The molecule has 1 aliphatic carbocycles. The average Bonchev–Trinajstić information content (AvgIpc) is 2.94. The van der Waals surface area contributed by atoms with Crippen molar-refractivity contribution in [2.45, 2.75) is 36.9 Å². The Kier molecular flexibility index (Phi) is 3.60. The molecule has 0 spiro atoms. The van der Waals surface area contributed by atoms with E-state index in [0.29, 0.717) is 18.3 Å². The van der Waals surface area contributed by atoms with Crippen LogP contribution in [-0.4, -0.2) is 24.6 Å². The highest BCUT2D eigenvalue weighted by Crippen LogP contribution is 2.19. The van der Waals surface area contributed by atoms with Crippen molar-refractivity contribution < 1.29 is 12.9 Å². The molecule has 0 bridgehead atoms. The number of hydrogen-bond donors (Lipinski definition) is 3. The van der Waals surface area contributed by atoms with E-state index in [-0.39, 0.29) is 11.4 Å². The van der Waals surface area contributed by atoms with Crippen LogP contribution in [0.3, 0.4) is 0 Å². The van der Waals surface area contributed by atoms with Crippen LogP contribution < -0.4 is 10.0 Å². The minimum atomic E-state index is -3.54. The van der Waals surface area contributed by atoms with E-state index in [1.54, 1.807) is 12.1 Å². The van der Waals surface area contributed by atoms with Crippen LogP contribution in [0.4, 0.5) is 0 Å². The van der Waals surface area contributed by atoms with Gasteiger partial charge in [0.2, 0.25) is 10.0 Å². The third-order valence-electron chi connectivity index (χ3n) is 3.11. The standard InChI is InChI=1S/C12H16N4O3S/c17-20(18,16-7-11-3-4-15-19-11)12-5-10(14-8-12)6-13-9-1-2-9/h3-5,8-9,13-14,16H,1-2,6-7H2. The van der Waals surface area contributed by atoms with Gasteiger partial charge in [-0.2, -0.15) is 0 Å². The fourth-order valence-corrected chi connectivity index (χ4v) is 2.81. The zero-order valence-electron chi connectivity index (χ0n) is 10.8. The van der Waals surface area contributed by atoms with Crippen molar-refractivity contribution in [3.8, 4) is 0 Å². The average molecular weight is 296 g/mol. The van der Waals surface area contributed by atoms with Crippen molar-refractivity contribution in [3.63, 3.8) is 0 Å². The maximum Gasteiger partial charge on any atom is 0.242 e. The second-order valence-corrected chi connectivity index (χ2v) is 6.59. The Balaban J connectivity index is 1.61. The van der Waals surface area contributed by atoms with Gasteiger partial charge >= 0.3 is 0 Å². The van der Waals surface area contributed by atoms with Gasteiger partial charge in [0, 0.05) is 30.5 Å². The fraction of sp³-hybridized carbons (Fsp3) is 0.417. The summed E-state index contributed by atoms with van der Waals surface area (Å²) < 4.78 is 31.5. The molecule has 1 saturated carbocycles. The van der Waals surface area contributed by atoms with Crippen molar-refractivity contribution in [2.24, 2.45) is 0 Å². The highest BCUT2D eigenvalue weighted by molar-refractivity contribution is 7.89. The molecule has 2 heterocycles. The zero-order chi connectivity index (χ0) is 14.0. The van der Waals surface area contributed by atoms with Crippen molar-refractivity contribution >= 4 is 10.0 Å². The molecule has 0 atom stereocenters. The quantitative estimate of drug-likeness (QED) is 0.699. The minimum absolute atomic E-state index is 0.0865. The Morgan fingerprint density at radius 2 is 2.25 bits per heavy atom. The second-order valence-electron chi connectivity index (χ2n) is 4.82. The van der Waals surface area contributed by atoms with Crippen molar-refractivity contribution in [2.75, 3.05) is 0 Å². The van der Waals surface area contributed by atoms with Crippen molar-refractivity contribution in [1.82, 2.24) is 20.2 Å². The molecule has 3 rings (SSSR count). The Labute approximate surface area is 116 Å². The first-order valence-electron chi connectivity index (χ1n) is 6.43. The molecule has 7 nitrogen and oxygen atoms in total. The van der Waals surface area contributed by atoms with E-state index in [9.17, 15) is 8.42 Å². The lowest BCUT2D eigenvalue weighted by Gasteiger charge is -2.02. The molecule has 0 saturated heterocycles. The van der Waals surface area contributed by atoms with Gasteiger partial charge in [0.25, 0.3) is 0 Å². The molecule has 0 aliphatic heterocycles. The van der Waals surface area contributed by atoms with Gasteiger partial charge < -0.3 is 14.8 Å². The number of nitrogens with zero attached hydrogens (tertiary/aromatic N) is 1. The normalized spacial score (nSPS) is 15.6. The van der Waals surface area contributed by atoms with Crippen LogP contribution >= 0.6 is 0 Å². The van der Waals surface area contributed by atoms with Crippen molar-refractivity contribution in [3.05, 3.63) is 36.0 Å². The van der Waals surface area contributed by atoms with Gasteiger partial charge in [0.15, 0.2) is 5.76 Å². The molecule has 0 unspecified atom stereocenters. The molecule has 20 heavy (non-hydrogen) atoms. The first kappa shape index (κ1) is 13.3. The van der Waals surface area contributed by atoms with Gasteiger partial charge in [-0.15, -0.1) is 0 Å².